The minimum atomic E-state index is -3.73. The summed E-state index contributed by atoms with van der Waals surface area (Å²) >= 11 is 6.01. The quantitative estimate of drug-likeness (QED) is 0.595. The summed E-state index contributed by atoms with van der Waals surface area (Å²) in [6, 6.07) is 11.1. The Balaban J connectivity index is 1.39. The van der Waals surface area contributed by atoms with Gasteiger partial charge in [-0.25, -0.2) is 13.4 Å². The summed E-state index contributed by atoms with van der Waals surface area (Å²) in [6.45, 7) is 1.13. The van der Waals surface area contributed by atoms with E-state index in [1.165, 1.54) is 16.6 Å². The highest BCUT2D eigenvalue weighted by molar-refractivity contribution is 7.89. The van der Waals surface area contributed by atoms with E-state index in [1.54, 1.807) is 13.2 Å². The number of carbonyl (C=O) groups excluding carboxylic acids is 1. The third kappa shape index (κ3) is 4.88. The number of ether oxygens (including phenoxy) is 1. The number of piperidine rings is 1. The fraction of sp³-hybridized carbons (Fsp3) is 0.500. The lowest BCUT2D eigenvalue weighted by atomic mass is 9.78. The van der Waals surface area contributed by atoms with E-state index in [4.69, 9.17) is 16.3 Å². The maximum Gasteiger partial charge on any atom is 0.246 e. The maximum absolute atomic E-state index is 13.0. The van der Waals surface area contributed by atoms with Crippen molar-refractivity contribution in [3.8, 4) is 5.75 Å². The number of nitrogens with one attached hydrogen (secondary N) is 1. The standard InChI is InChI=1S/C24H30ClN3O4S/c1-32-20-8-3-2-7-19(20)24(12-4-5-13-24)17-27-23(29)18-10-15-28(16-11-18)33(30,31)21-9-6-14-26-22(21)25/h2-3,6-9,14,18H,4-5,10-13,15-17H2,1H3,(H,27,29). The number of rotatable bonds is 7. The molecule has 2 fully saturated rings. The zero-order chi connectivity index (χ0) is 23.5. The number of nitrogens with zero attached hydrogens (tertiary/aromatic N) is 2. The Hall–Kier alpha value is -2.16. The van der Waals surface area contributed by atoms with Gasteiger partial charge in [0.1, 0.15) is 15.8 Å². The smallest absolute Gasteiger partial charge is 0.246 e. The molecule has 1 aromatic carbocycles. The van der Waals surface area contributed by atoms with Crippen LogP contribution in [-0.4, -0.2) is 50.4 Å². The molecule has 4 rings (SSSR count). The van der Waals surface area contributed by atoms with E-state index < -0.39 is 10.0 Å². The number of halogens is 1. The van der Waals surface area contributed by atoms with Gasteiger partial charge >= 0.3 is 0 Å². The lowest BCUT2D eigenvalue weighted by Gasteiger charge is -2.34. The largest absolute Gasteiger partial charge is 0.496 e. The molecule has 0 atom stereocenters. The molecule has 2 aromatic rings. The van der Waals surface area contributed by atoms with Crippen molar-refractivity contribution >= 4 is 27.5 Å². The molecule has 0 spiro atoms. The van der Waals surface area contributed by atoms with Crippen LogP contribution < -0.4 is 10.1 Å². The third-order valence-electron chi connectivity index (χ3n) is 7.01. The van der Waals surface area contributed by atoms with Gasteiger partial charge in [0, 0.05) is 42.7 Å². The van der Waals surface area contributed by atoms with Crippen LogP contribution in [0.15, 0.2) is 47.5 Å². The molecule has 2 heterocycles. The van der Waals surface area contributed by atoms with Crippen LogP contribution in [0.5, 0.6) is 5.75 Å². The van der Waals surface area contributed by atoms with Gasteiger partial charge in [-0.2, -0.15) is 4.31 Å². The van der Waals surface area contributed by atoms with E-state index in [2.05, 4.69) is 16.4 Å². The molecular weight excluding hydrogens is 462 g/mol. The monoisotopic (exact) mass is 491 g/mol. The molecule has 178 valence electrons. The van der Waals surface area contributed by atoms with E-state index in [1.807, 2.05) is 18.2 Å². The van der Waals surface area contributed by atoms with E-state index in [9.17, 15) is 13.2 Å². The summed E-state index contributed by atoms with van der Waals surface area (Å²) in [5.74, 6) is 0.644. The van der Waals surface area contributed by atoms with Crippen molar-refractivity contribution in [1.29, 1.82) is 0 Å². The molecule has 0 radical (unpaired) electrons. The lowest BCUT2D eigenvalue weighted by molar-refractivity contribution is -0.126. The van der Waals surface area contributed by atoms with Crippen LogP contribution in [0.3, 0.4) is 0 Å². The van der Waals surface area contributed by atoms with Crippen molar-refractivity contribution in [2.75, 3.05) is 26.7 Å². The highest BCUT2D eigenvalue weighted by Gasteiger charge is 2.39. The number of pyridine rings is 1. The topological polar surface area (TPSA) is 88.6 Å². The summed E-state index contributed by atoms with van der Waals surface area (Å²) in [7, 11) is -2.05. The van der Waals surface area contributed by atoms with Gasteiger partial charge in [0.15, 0.2) is 0 Å². The summed E-state index contributed by atoms with van der Waals surface area (Å²) in [4.78, 5) is 16.9. The minimum Gasteiger partial charge on any atom is -0.496 e. The second-order valence-corrected chi connectivity index (χ2v) is 11.1. The molecule has 1 N–H and O–H groups in total. The van der Waals surface area contributed by atoms with Crippen molar-refractivity contribution in [1.82, 2.24) is 14.6 Å². The molecule has 1 saturated heterocycles. The normalized spacial score (nSPS) is 19.3. The first-order valence-corrected chi connectivity index (χ1v) is 13.2. The van der Waals surface area contributed by atoms with Crippen LogP contribution in [0.25, 0.3) is 0 Å². The number of benzene rings is 1. The predicted octanol–water partition coefficient (Wildman–Crippen LogP) is 3.77. The Morgan fingerprint density at radius 3 is 2.55 bits per heavy atom. The second kappa shape index (κ2) is 9.99. The average molecular weight is 492 g/mol. The molecule has 1 amide bonds. The molecule has 1 saturated carbocycles. The van der Waals surface area contributed by atoms with Crippen LogP contribution in [0.2, 0.25) is 5.15 Å². The van der Waals surface area contributed by atoms with E-state index in [0.29, 0.717) is 19.4 Å². The van der Waals surface area contributed by atoms with Crippen molar-refractivity contribution in [2.45, 2.75) is 48.8 Å². The first-order valence-electron chi connectivity index (χ1n) is 11.4. The van der Waals surface area contributed by atoms with E-state index in [0.717, 1.165) is 37.0 Å². The van der Waals surface area contributed by atoms with Gasteiger partial charge in [-0.3, -0.25) is 4.79 Å². The minimum absolute atomic E-state index is 0.00682. The van der Waals surface area contributed by atoms with Gasteiger partial charge in [-0.15, -0.1) is 0 Å². The Kier molecular flexibility index (Phi) is 7.26. The molecular formula is C24H30ClN3O4S. The molecule has 7 nitrogen and oxygen atoms in total. The van der Waals surface area contributed by atoms with Crippen molar-refractivity contribution in [3.05, 3.63) is 53.3 Å². The number of hydrogen-bond donors (Lipinski definition) is 1. The first-order chi connectivity index (χ1) is 15.9. The molecule has 2 aliphatic rings. The van der Waals surface area contributed by atoms with Crippen LogP contribution in [-0.2, 0) is 20.2 Å². The Morgan fingerprint density at radius 2 is 1.88 bits per heavy atom. The number of aromatic nitrogens is 1. The van der Waals surface area contributed by atoms with Crippen molar-refractivity contribution in [2.24, 2.45) is 5.92 Å². The van der Waals surface area contributed by atoms with Crippen LogP contribution in [0.1, 0.15) is 44.1 Å². The average Bonchev–Trinajstić information content (AvgIpc) is 3.33. The maximum atomic E-state index is 13.0. The zero-order valence-corrected chi connectivity index (χ0v) is 20.4. The van der Waals surface area contributed by atoms with Crippen LogP contribution >= 0.6 is 11.6 Å². The van der Waals surface area contributed by atoms with Crippen LogP contribution in [0.4, 0.5) is 0 Å². The van der Waals surface area contributed by atoms with Gasteiger partial charge in [-0.1, -0.05) is 42.6 Å². The zero-order valence-electron chi connectivity index (χ0n) is 18.8. The number of hydrogen-bond acceptors (Lipinski definition) is 5. The second-order valence-electron chi connectivity index (χ2n) is 8.88. The van der Waals surface area contributed by atoms with Crippen LogP contribution in [0, 0.1) is 5.92 Å². The predicted molar refractivity (Wildman–Crippen MR) is 127 cm³/mol. The summed E-state index contributed by atoms with van der Waals surface area (Å²) in [5, 5.41) is 3.15. The molecule has 0 unspecified atom stereocenters. The molecule has 1 aliphatic carbocycles. The van der Waals surface area contributed by atoms with Gasteiger partial charge in [-0.05, 0) is 43.9 Å². The molecule has 9 heteroatoms. The molecule has 1 aliphatic heterocycles. The lowest BCUT2D eigenvalue weighted by Crippen LogP contribution is -2.46. The Labute approximate surface area is 200 Å². The van der Waals surface area contributed by atoms with Gasteiger partial charge < -0.3 is 10.1 Å². The van der Waals surface area contributed by atoms with Gasteiger partial charge in [0.2, 0.25) is 15.9 Å². The molecule has 33 heavy (non-hydrogen) atoms. The molecule has 0 bridgehead atoms. The number of sulfonamides is 1. The van der Waals surface area contributed by atoms with Gasteiger partial charge in [0.05, 0.1) is 7.11 Å². The Morgan fingerprint density at radius 1 is 1.18 bits per heavy atom. The summed E-state index contributed by atoms with van der Waals surface area (Å²) in [6.07, 6.45) is 6.68. The Bertz CT molecular complexity index is 1090. The molecule has 1 aromatic heterocycles. The van der Waals surface area contributed by atoms with E-state index >= 15 is 0 Å². The summed E-state index contributed by atoms with van der Waals surface area (Å²) < 4.78 is 32.9. The first kappa shape index (κ1) is 24.0. The fourth-order valence-electron chi connectivity index (χ4n) is 5.14. The third-order valence-corrected chi connectivity index (χ3v) is 9.35. The highest BCUT2D eigenvalue weighted by Crippen LogP contribution is 2.44. The van der Waals surface area contributed by atoms with E-state index in [-0.39, 0.29) is 40.4 Å². The van der Waals surface area contributed by atoms with Gasteiger partial charge in [0.25, 0.3) is 0 Å². The SMILES string of the molecule is COc1ccccc1C1(CNC(=O)C2CCN(S(=O)(=O)c3cccnc3Cl)CC2)CCCC1. The summed E-state index contributed by atoms with van der Waals surface area (Å²) in [5.41, 5.74) is 1.03. The number of amides is 1. The number of carbonyl (C=O) groups is 1. The number of para-hydroxylation sites is 1. The van der Waals surface area contributed by atoms with Crippen molar-refractivity contribution < 1.29 is 17.9 Å². The highest BCUT2D eigenvalue weighted by atomic mass is 35.5. The van der Waals surface area contributed by atoms with Crippen molar-refractivity contribution in [3.63, 3.8) is 0 Å². The number of methoxy groups -OCH3 is 1. The fourth-order valence-corrected chi connectivity index (χ4v) is 7.04.